The van der Waals surface area contributed by atoms with Gasteiger partial charge in [-0.05, 0) is 62.9 Å². The minimum atomic E-state index is -1.27. The molecule has 2 aromatic carbocycles. The number of carboxylic acids is 1. The SMILES string of the molecule is CC(C)C[C@H](NC(=O)c1ccccc1)C(=O)N[C@@H](C)C(=O)N[C@@H](C)C(=O)N[C@@H](Cc1ccc(O)cc1)C(=O)N[C@@H](C)C(=O)NCC(=O)O. The highest BCUT2D eigenvalue weighted by atomic mass is 16.4. The van der Waals surface area contributed by atoms with Gasteiger partial charge in [-0.1, -0.05) is 44.2 Å². The van der Waals surface area contributed by atoms with Crippen molar-refractivity contribution >= 4 is 41.4 Å². The van der Waals surface area contributed by atoms with Crippen LogP contribution in [0, 0.1) is 5.92 Å². The maximum Gasteiger partial charge on any atom is 0.322 e. The summed E-state index contributed by atoms with van der Waals surface area (Å²) in [6, 6.07) is 8.65. The molecule has 0 fully saturated rings. The molecule has 0 aliphatic rings. The van der Waals surface area contributed by atoms with E-state index in [2.05, 4.69) is 31.9 Å². The molecule has 5 atom stereocenters. The van der Waals surface area contributed by atoms with Gasteiger partial charge in [-0.3, -0.25) is 33.6 Å². The van der Waals surface area contributed by atoms with Crippen LogP contribution in [0.25, 0.3) is 0 Å². The van der Waals surface area contributed by atoms with Crippen LogP contribution in [-0.2, 0) is 35.2 Å². The van der Waals surface area contributed by atoms with E-state index in [-0.39, 0.29) is 18.1 Å². The monoisotopic (exact) mass is 668 g/mol. The number of benzene rings is 2. The van der Waals surface area contributed by atoms with Crippen molar-refractivity contribution in [1.82, 2.24) is 31.9 Å². The molecule has 0 bridgehead atoms. The molecule has 0 unspecified atom stereocenters. The van der Waals surface area contributed by atoms with Crippen molar-refractivity contribution in [2.45, 2.75) is 77.7 Å². The van der Waals surface area contributed by atoms with Gasteiger partial charge < -0.3 is 42.1 Å². The zero-order chi connectivity index (χ0) is 36.0. The third-order valence-electron chi connectivity index (χ3n) is 7.04. The van der Waals surface area contributed by atoms with Crippen molar-refractivity contribution in [2.24, 2.45) is 5.92 Å². The Morgan fingerprint density at radius 1 is 0.604 bits per heavy atom. The van der Waals surface area contributed by atoms with E-state index in [4.69, 9.17) is 5.11 Å². The van der Waals surface area contributed by atoms with Gasteiger partial charge in [-0.2, -0.15) is 0 Å². The highest BCUT2D eigenvalue weighted by Crippen LogP contribution is 2.12. The van der Waals surface area contributed by atoms with Crippen LogP contribution in [0.3, 0.4) is 0 Å². The van der Waals surface area contributed by atoms with Crippen molar-refractivity contribution in [3.63, 3.8) is 0 Å². The standard InChI is InChI=1S/C33H44N6O9/c1-18(2)15-25(39-31(46)23-9-7-6-8-10-23)32(47)37-20(4)29(44)35-21(5)30(45)38-26(16-22-11-13-24(40)14-12-22)33(48)36-19(3)28(43)34-17-27(41)42/h6-14,18-21,25-26,40H,15-17H2,1-5H3,(H,34,43)(H,35,44)(H,36,48)(H,37,47)(H,38,45)(H,39,46)(H,41,42)/t19-,20-,21-,25-,26-/m0/s1. The number of phenolic OH excluding ortho intramolecular Hbond substituents is 1. The van der Waals surface area contributed by atoms with Crippen LogP contribution in [0.15, 0.2) is 54.6 Å². The van der Waals surface area contributed by atoms with E-state index in [0.29, 0.717) is 17.5 Å². The molecule has 2 rings (SSSR count). The summed E-state index contributed by atoms with van der Waals surface area (Å²) in [6.45, 7) is 7.25. The van der Waals surface area contributed by atoms with Gasteiger partial charge in [0, 0.05) is 12.0 Å². The molecular formula is C33H44N6O9. The maximum absolute atomic E-state index is 13.1. The molecule has 48 heavy (non-hydrogen) atoms. The number of carboxylic acid groups (broad SMARTS) is 1. The van der Waals surface area contributed by atoms with Crippen LogP contribution in [0.5, 0.6) is 5.75 Å². The number of phenols is 1. The molecule has 15 heteroatoms. The number of aliphatic carboxylic acids is 1. The Hall–Kier alpha value is -5.47. The van der Waals surface area contributed by atoms with Crippen LogP contribution < -0.4 is 31.9 Å². The fourth-order valence-corrected chi connectivity index (χ4v) is 4.39. The average molecular weight is 669 g/mol. The summed E-state index contributed by atoms with van der Waals surface area (Å²) in [5.74, 6) is -5.25. The van der Waals surface area contributed by atoms with Crippen LogP contribution in [0.2, 0.25) is 0 Å². The van der Waals surface area contributed by atoms with Crippen LogP contribution >= 0.6 is 0 Å². The molecule has 0 heterocycles. The first-order valence-electron chi connectivity index (χ1n) is 15.4. The summed E-state index contributed by atoms with van der Waals surface area (Å²) in [5.41, 5.74) is 0.928. The lowest BCUT2D eigenvalue weighted by atomic mass is 10.0. The Balaban J connectivity index is 2.06. The van der Waals surface area contributed by atoms with E-state index < -0.39 is 78.2 Å². The van der Waals surface area contributed by atoms with Crippen molar-refractivity contribution in [3.05, 3.63) is 65.7 Å². The fourth-order valence-electron chi connectivity index (χ4n) is 4.39. The van der Waals surface area contributed by atoms with Crippen molar-refractivity contribution in [1.29, 1.82) is 0 Å². The Kier molecular flexibility index (Phi) is 15.0. The predicted octanol–water partition coefficient (Wildman–Crippen LogP) is -0.0209. The molecule has 260 valence electrons. The van der Waals surface area contributed by atoms with Gasteiger partial charge in [0.15, 0.2) is 0 Å². The van der Waals surface area contributed by atoms with E-state index in [1.165, 1.54) is 45.0 Å². The summed E-state index contributed by atoms with van der Waals surface area (Å²) in [5, 5.41) is 33.3. The lowest BCUT2D eigenvalue weighted by molar-refractivity contribution is -0.138. The fraction of sp³-hybridized carbons (Fsp3) is 0.424. The highest BCUT2D eigenvalue weighted by Gasteiger charge is 2.29. The Bertz CT molecular complexity index is 1450. The number of nitrogens with one attached hydrogen (secondary N) is 6. The number of aromatic hydroxyl groups is 1. The van der Waals surface area contributed by atoms with Crippen molar-refractivity contribution in [3.8, 4) is 5.75 Å². The molecule has 8 N–H and O–H groups in total. The number of amides is 6. The van der Waals surface area contributed by atoms with Gasteiger partial charge >= 0.3 is 5.97 Å². The predicted molar refractivity (Wildman–Crippen MR) is 174 cm³/mol. The number of hydrogen-bond donors (Lipinski definition) is 8. The maximum atomic E-state index is 13.1. The minimum Gasteiger partial charge on any atom is -0.508 e. The van der Waals surface area contributed by atoms with Crippen LogP contribution in [-0.4, -0.2) is 88.4 Å². The molecule has 0 spiro atoms. The molecular weight excluding hydrogens is 624 g/mol. The Labute approximate surface area is 278 Å². The van der Waals surface area contributed by atoms with E-state index in [1.54, 1.807) is 30.3 Å². The zero-order valence-corrected chi connectivity index (χ0v) is 27.5. The average Bonchev–Trinajstić information content (AvgIpc) is 3.03. The van der Waals surface area contributed by atoms with Gasteiger partial charge in [-0.25, -0.2) is 0 Å². The molecule has 2 aromatic rings. The number of hydrogen-bond acceptors (Lipinski definition) is 8. The van der Waals surface area contributed by atoms with Gasteiger partial charge in [0.25, 0.3) is 5.91 Å². The first kappa shape index (κ1) is 38.7. The normalized spacial score (nSPS) is 13.9. The Morgan fingerprint density at radius 2 is 1.10 bits per heavy atom. The molecule has 0 aromatic heterocycles. The molecule has 0 saturated heterocycles. The van der Waals surface area contributed by atoms with Crippen LogP contribution in [0.4, 0.5) is 0 Å². The second-order valence-electron chi connectivity index (χ2n) is 11.8. The van der Waals surface area contributed by atoms with E-state index in [0.717, 1.165) is 0 Å². The third kappa shape index (κ3) is 13.1. The third-order valence-corrected chi connectivity index (χ3v) is 7.04. The summed E-state index contributed by atoms with van der Waals surface area (Å²) in [7, 11) is 0. The minimum absolute atomic E-state index is 0.0147. The largest absolute Gasteiger partial charge is 0.508 e. The van der Waals surface area contributed by atoms with Gasteiger partial charge in [-0.15, -0.1) is 0 Å². The summed E-state index contributed by atoms with van der Waals surface area (Å²) in [4.78, 5) is 88.0. The smallest absolute Gasteiger partial charge is 0.322 e. The quantitative estimate of drug-likeness (QED) is 0.113. The topological polar surface area (TPSA) is 232 Å². The lowest BCUT2D eigenvalue weighted by Gasteiger charge is -2.25. The van der Waals surface area contributed by atoms with Crippen LogP contribution in [0.1, 0.15) is 57.0 Å². The van der Waals surface area contributed by atoms with Crippen molar-refractivity contribution < 1.29 is 43.8 Å². The first-order chi connectivity index (χ1) is 22.6. The summed E-state index contributed by atoms with van der Waals surface area (Å²) >= 11 is 0. The van der Waals surface area contributed by atoms with E-state index >= 15 is 0 Å². The molecule has 0 aliphatic heterocycles. The molecule has 0 radical (unpaired) electrons. The van der Waals surface area contributed by atoms with Gasteiger partial charge in [0.2, 0.25) is 29.5 Å². The first-order valence-corrected chi connectivity index (χ1v) is 15.4. The van der Waals surface area contributed by atoms with Crippen molar-refractivity contribution in [2.75, 3.05) is 6.54 Å². The molecule has 0 aliphatic carbocycles. The van der Waals surface area contributed by atoms with Gasteiger partial charge in [0.1, 0.15) is 42.5 Å². The number of carbonyl (C=O) groups excluding carboxylic acids is 6. The second-order valence-corrected chi connectivity index (χ2v) is 11.8. The molecule has 0 saturated carbocycles. The number of carbonyl (C=O) groups is 7. The second kappa shape index (κ2) is 18.6. The van der Waals surface area contributed by atoms with E-state index in [9.17, 15) is 38.7 Å². The molecule has 6 amide bonds. The summed E-state index contributed by atoms with van der Waals surface area (Å²) < 4.78 is 0. The zero-order valence-electron chi connectivity index (χ0n) is 27.5. The number of rotatable bonds is 17. The van der Waals surface area contributed by atoms with E-state index in [1.807, 2.05) is 13.8 Å². The lowest BCUT2D eigenvalue weighted by Crippen LogP contribution is -2.58. The highest BCUT2D eigenvalue weighted by molar-refractivity contribution is 5.99. The Morgan fingerprint density at radius 3 is 1.65 bits per heavy atom. The molecule has 15 nitrogen and oxygen atoms in total. The van der Waals surface area contributed by atoms with Gasteiger partial charge in [0.05, 0.1) is 0 Å². The summed E-state index contributed by atoms with van der Waals surface area (Å²) in [6.07, 6.45) is 0.252.